The number of piperazine rings is 1. The maximum Gasteiger partial charge on any atom is 0.236 e. The monoisotopic (exact) mass is 440 g/mol. The molecule has 0 radical (unpaired) electrons. The average molecular weight is 441 g/mol. The summed E-state index contributed by atoms with van der Waals surface area (Å²) in [4.78, 5) is 31.1. The lowest BCUT2D eigenvalue weighted by atomic mass is 10.1. The topological polar surface area (TPSA) is 79.1 Å². The molecule has 1 aromatic carbocycles. The first kappa shape index (κ1) is 22.3. The van der Waals surface area contributed by atoms with E-state index < -0.39 is 0 Å². The maximum absolute atomic E-state index is 12.7. The predicted octanol–water partition coefficient (Wildman–Crippen LogP) is 2.18. The number of carbonyl (C=O) groups excluding carboxylic acids is 2. The van der Waals surface area contributed by atoms with Crippen molar-refractivity contribution in [2.75, 3.05) is 45.8 Å². The first-order valence-electron chi connectivity index (χ1n) is 11.4. The molecule has 0 unspecified atom stereocenters. The van der Waals surface area contributed by atoms with E-state index in [-0.39, 0.29) is 11.8 Å². The minimum absolute atomic E-state index is 0.125. The molecule has 32 heavy (non-hydrogen) atoms. The Kier molecular flexibility index (Phi) is 7.09. The van der Waals surface area contributed by atoms with E-state index in [1.54, 1.807) is 0 Å². The quantitative estimate of drug-likeness (QED) is 0.657. The van der Waals surface area contributed by atoms with Gasteiger partial charge in [-0.1, -0.05) is 17.3 Å². The van der Waals surface area contributed by atoms with Crippen molar-refractivity contribution in [2.45, 2.75) is 39.7 Å². The van der Waals surface area contributed by atoms with E-state index >= 15 is 0 Å². The van der Waals surface area contributed by atoms with Gasteiger partial charge < -0.3 is 19.1 Å². The summed E-state index contributed by atoms with van der Waals surface area (Å²) in [5.74, 6) is 1.86. The molecule has 2 aliphatic heterocycles. The molecular weight excluding hydrogens is 408 g/mol. The molecule has 2 amide bonds. The number of hydrogen-bond donors (Lipinski definition) is 0. The van der Waals surface area contributed by atoms with E-state index in [4.69, 9.17) is 9.26 Å². The van der Waals surface area contributed by atoms with E-state index in [1.165, 1.54) is 0 Å². The summed E-state index contributed by atoms with van der Waals surface area (Å²) in [6.07, 6.45) is 2.60. The van der Waals surface area contributed by atoms with Crippen molar-refractivity contribution in [1.82, 2.24) is 19.9 Å². The molecule has 8 nitrogen and oxygen atoms in total. The summed E-state index contributed by atoms with van der Waals surface area (Å²) < 4.78 is 11.0. The van der Waals surface area contributed by atoms with Crippen molar-refractivity contribution in [3.63, 3.8) is 0 Å². The molecule has 1 aromatic heterocycles. The summed E-state index contributed by atoms with van der Waals surface area (Å²) in [7, 11) is 0. The van der Waals surface area contributed by atoms with Crippen LogP contribution < -0.4 is 4.74 Å². The molecule has 2 aromatic rings. The number of carbonyl (C=O) groups is 2. The number of aryl methyl sites for hydroxylation is 2. The van der Waals surface area contributed by atoms with Gasteiger partial charge in [-0.15, -0.1) is 0 Å². The van der Waals surface area contributed by atoms with Gasteiger partial charge in [0.1, 0.15) is 18.1 Å². The van der Waals surface area contributed by atoms with Gasteiger partial charge in [-0.3, -0.25) is 14.5 Å². The van der Waals surface area contributed by atoms with Crippen LogP contribution in [0.25, 0.3) is 0 Å². The van der Waals surface area contributed by atoms with Crippen molar-refractivity contribution >= 4 is 11.8 Å². The smallest absolute Gasteiger partial charge is 0.236 e. The molecule has 0 saturated carbocycles. The Bertz CT molecular complexity index is 906. The third-order valence-corrected chi connectivity index (χ3v) is 6.39. The number of amides is 2. The number of hydrogen-bond acceptors (Lipinski definition) is 6. The van der Waals surface area contributed by atoms with Crippen molar-refractivity contribution < 1.29 is 18.8 Å². The Morgan fingerprint density at radius 2 is 1.59 bits per heavy atom. The highest BCUT2D eigenvalue weighted by Gasteiger charge is 2.25. The summed E-state index contributed by atoms with van der Waals surface area (Å²) in [6, 6.07) is 7.66. The lowest BCUT2D eigenvalue weighted by Gasteiger charge is -2.35. The zero-order valence-electron chi connectivity index (χ0n) is 19.0. The lowest BCUT2D eigenvalue weighted by molar-refractivity contribution is -0.134. The van der Waals surface area contributed by atoms with Crippen molar-refractivity contribution in [1.29, 1.82) is 0 Å². The number of aromatic nitrogens is 1. The van der Waals surface area contributed by atoms with Crippen LogP contribution in [0.1, 0.15) is 35.4 Å². The minimum Gasteiger partial charge on any atom is -0.489 e. The van der Waals surface area contributed by atoms with Crippen LogP contribution in [0.4, 0.5) is 0 Å². The largest absolute Gasteiger partial charge is 0.489 e. The molecule has 0 aliphatic carbocycles. The Balaban J connectivity index is 1.20. The number of likely N-dealkylation sites (tertiary alicyclic amines) is 1. The fraction of sp³-hybridized carbons (Fsp3) is 0.542. The first-order valence-corrected chi connectivity index (χ1v) is 11.4. The van der Waals surface area contributed by atoms with Gasteiger partial charge in [0, 0.05) is 39.3 Å². The van der Waals surface area contributed by atoms with Gasteiger partial charge in [0.2, 0.25) is 11.8 Å². The van der Waals surface area contributed by atoms with Crippen molar-refractivity contribution in [3.8, 4) is 5.75 Å². The highest BCUT2D eigenvalue weighted by atomic mass is 16.5. The fourth-order valence-corrected chi connectivity index (χ4v) is 4.27. The standard InChI is InChI=1S/C24H32N4O4/c1-18-22(19(2)32-25-18)17-31-21-7-5-20(6-8-21)15-23(29)28-13-11-26(12-14-28)16-24(30)27-9-3-4-10-27/h5-8H,3-4,9-17H2,1-2H3. The third-order valence-electron chi connectivity index (χ3n) is 6.39. The number of rotatable bonds is 7. The minimum atomic E-state index is 0.125. The van der Waals surface area contributed by atoms with Gasteiger partial charge in [0.15, 0.2) is 0 Å². The van der Waals surface area contributed by atoms with E-state index in [9.17, 15) is 9.59 Å². The second kappa shape index (κ2) is 10.2. The van der Waals surface area contributed by atoms with Crippen LogP contribution in [0.3, 0.4) is 0 Å². The second-order valence-electron chi connectivity index (χ2n) is 8.66. The molecule has 0 atom stereocenters. The molecular formula is C24H32N4O4. The van der Waals surface area contributed by atoms with Gasteiger partial charge in [-0.2, -0.15) is 0 Å². The Morgan fingerprint density at radius 3 is 2.22 bits per heavy atom. The molecule has 3 heterocycles. The Hall–Kier alpha value is -2.87. The maximum atomic E-state index is 12.7. The van der Waals surface area contributed by atoms with Crippen LogP contribution in [-0.4, -0.2) is 77.5 Å². The Morgan fingerprint density at radius 1 is 0.938 bits per heavy atom. The highest BCUT2D eigenvalue weighted by Crippen LogP contribution is 2.18. The normalized spacial score (nSPS) is 17.1. The summed E-state index contributed by atoms with van der Waals surface area (Å²) in [6.45, 7) is 9.27. The highest BCUT2D eigenvalue weighted by molar-refractivity contribution is 5.79. The lowest BCUT2D eigenvalue weighted by Crippen LogP contribution is -2.51. The number of benzene rings is 1. The van der Waals surface area contributed by atoms with Gasteiger partial charge in [0.05, 0.1) is 24.2 Å². The van der Waals surface area contributed by atoms with Crippen LogP contribution in [0.15, 0.2) is 28.8 Å². The van der Waals surface area contributed by atoms with Gasteiger partial charge in [0.25, 0.3) is 0 Å². The molecule has 2 saturated heterocycles. The first-order chi connectivity index (χ1) is 15.5. The third kappa shape index (κ3) is 5.48. The molecule has 0 spiro atoms. The van der Waals surface area contributed by atoms with Crippen LogP contribution in [0.5, 0.6) is 5.75 Å². The molecule has 172 valence electrons. The van der Waals surface area contributed by atoms with E-state index in [0.717, 1.165) is 67.4 Å². The number of ether oxygens (including phenoxy) is 1. The van der Waals surface area contributed by atoms with Crippen LogP contribution in [0.2, 0.25) is 0 Å². The summed E-state index contributed by atoms with van der Waals surface area (Å²) in [5, 5.41) is 3.94. The van der Waals surface area contributed by atoms with Crippen LogP contribution in [0, 0.1) is 13.8 Å². The van der Waals surface area contributed by atoms with Crippen molar-refractivity contribution in [3.05, 3.63) is 46.8 Å². The van der Waals surface area contributed by atoms with Gasteiger partial charge >= 0.3 is 0 Å². The van der Waals surface area contributed by atoms with E-state index in [1.807, 2.05) is 47.9 Å². The molecule has 2 aliphatic rings. The zero-order valence-corrected chi connectivity index (χ0v) is 19.0. The SMILES string of the molecule is Cc1noc(C)c1COc1ccc(CC(=O)N2CCN(CC(=O)N3CCCC3)CC2)cc1. The summed E-state index contributed by atoms with van der Waals surface area (Å²) in [5.41, 5.74) is 2.77. The fourth-order valence-electron chi connectivity index (χ4n) is 4.27. The van der Waals surface area contributed by atoms with Gasteiger partial charge in [-0.25, -0.2) is 0 Å². The van der Waals surface area contributed by atoms with Crippen LogP contribution >= 0.6 is 0 Å². The van der Waals surface area contributed by atoms with E-state index in [0.29, 0.717) is 32.7 Å². The molecule has 8 heteroatoms. The van der Waals surface area contributed by atoms with Crippen molar-refractivity contribution in [2.24, 2.45) is 0 Å². The molecule has 4 rings (SSSR count). The zero-order chi connectivity index (χ0) is 22.5. The Labute approximate surface area is 189 Å². The van der Waals surface area contributed by atoms with Gasteiger partial charge in [-0.05, 0) is 44.4 Å². The molecule has 2 fully saturated rings. The average Bonchev–Trinajstić information content (AvgIpc) is 3.44. The predicted molar refractivity (Wildman–Crippen MR) is 119 cm³/mol. The summed E-state index contributed by atoms with van der Waals surface area (Å²) >= 11 is 0. The second-order valence-corrected chi connectivity index (χ2v) is 8.66. The van der Waals surface area contributed by atoms with Crippen LogP contribution in [-0.2, 0) is 22.6 Å². The molecule has 0 N–H and O–H groups in total. The molecule has 0 bridgehead atoms. The van der Waals surface area contributed by atoms with E-state index in [2.05, 4.69) is 10.1 Å². The number of nitrogens with zero attached hydrogens (tertiary/aromatic N) is 4.